The van der Waals surface area contributed by atoms with Crippen LogP contribution in [0.15, 0.2) is 46.9 Å². The molecule has 2 aromatic carbocycles. The van der Waals surface area contributed by atoms with E-state index in [1.54, 1.807) is 6.07 Å². The van der Waals surface area contributed by atoms with Gasteiger partial charge in [-0.05, 0) is 41.3 Å². The van der Waals surface area contributed by atoms with Crippen LogP contribution in [0.5, 0.6) is 0 Å². The number of benzene rings is 2. The molecule has 1 atom stereocenters. The molecule has 0 bridgehead atoms. The molecule has 0 aliphatic rings. The lowest BCUT2D eigenvalue weighted by Crippen LogP contribution is -2.02. The summed E-state index contributed by atoms with van der Waals surface area (Å²) < 4.78 is 13.9. The lowest BCUT2D eigenvalue weighted by atomic mass is 10.00. The quantitative estimate of drug-likeness (QED) is 0.883. The Kier molecular flexibility index (Phi) is 4.72. The van der Waals surface area contributed by atoms with Gasteiger partial charge in [-0.3, -0.25) is 0 Å². The molecular formula is C16H16BrFO. The first kappa shape index (κ1) is 14.2. The molecule has 0 aliphatic heterocycles. The Morgan fingerprint density at radius 2 is 1.74 bits per heavy atom. The van der Waals surface area contributed by atoms with Crippen molar-refractivity contribution in [2.45, 2.75) is 25.9 Å². The monoisotopic (exact) mass is 322 g/mol. The Bertz CT molecular complexity index is 531. The molecule has 0 spiro atoms. The smallest absolute Gasteiger partial charge is 0.124 e. The van der Waals surface area contributed by atoms with E-state index < -0.39 is 6.10 Å². The van der Waals surface area contributed by atoms with Crippen LogP contribution in [0.25, 0.3) is 0 Å². The van der Waals surface area contributed by atoms with Crippen molar-refractivity contribution in [2.24, 2.45) is 0 Å². The standard InChI is InChI=1S/C16H16BrFO/c1-2-11-3-5-12(6-4-11)7-16(19)13-8-14(17)10-15(18)9-13/h3-6,8-10,16,19H,2,7H2,1H3. The van der Waals surface area contributed by atoms with E-state index in [0.29, 0.717) is 16.5 Å². The van der Waals surface area contributed by atoms with E-state index in [-0.39, 0.29) is 5.82 Å². The largest absolute Gasteiger partial charge is 0.388 e. The lowest BCUT2D eigenvalue weighted by molar-refractivity contribution is 0.178. The number of hydrogen-bond donors (Lipinski definition) is 1. The Morgan fingerprint density at radius 3 is 2.32 bits per heavy atom. The second-order valence-electron chi connectivity index (χ2n) is 4.59. The molecule has 0 fully saturated rings. The van der Waals surface area contributed by atoms with E-state index >= 15 is 0 Å². The van der Waals surface area contributed by atoms with Gasteiger partial charge in [0.05, 0.1) is 6.10 Å². The Labute approximate surface area is 121 Å². The molecule has 3 heteroatoms. The molecule has 0 radical (unpaired) electrons. The van der Waals surface area contributed by atoms with Crippen LogP contribution in [0, 0.1) is 5.82 Å². The first-order chi connectivity index (χ1) is 9.08. The Morgan fingerprint density at radius 1 is 1.11 bits per heavy atom. The average Bonchev–Trinajstić information content (AvgIpc) is 2.38. The third-order valence-electron chi connectivity index (χ3n) is 3.13. The summed E-state index contributed by atoms with van der Waals surface area (Å²) in [5, 5.41) is 10.2. The molecule has 100 valence electrons. The molecule has 0 saturated heterocycles. The average molecular weight is 323 g/mol. The molecular weight excluding hydrogens is 307 g/mol. The van der Waals surface area contributed by atoms with Gasteiger partial charge in [-0.1, -0.05) is 47.1 Å². The maximum absolute atomic E-state index is 13.3. The van der Waals surface area contributed by atoms with Crippen molar-refractivity contribution in [3.63, 3.8) is 0 Å². The van der Waals surface area contributed by atoms with E-state index in [1.807, 2.05) is 12.1 Å². The fourth-order valence-electron chi connectivity index (χ4n) is 2.02. The number of hydrogen-bond acceptors (Lipinski definition) is 1. The van der Waals surface area contributed by atoms with Crippen molar-refractivity contribution >= 4 is 15.9 Å². The summed E-state index contributed by atoms with van der Waals surface area (Å²) >= 11 is 3.23. The molecule has 0 saturated carbocycles. The molecule has 19 heavy (non-hydrogen) atoms. The summed E-state index contributed by atoms with van der Waals surface area (Å²) in [4.78, 5) is 0. The van der Waals surface area contributed by atoms with Crippen molar-refractivity contribution in [2.75, 3.05) is 0 Å². The van der Waals surface area contributed by atoms with Crippen LogP contribution in [-0.2, 0) is 12.8 Å². The molecule has 2 rings (SSSR count). The van der Waals surface area contributed by atoms with Crippen molar-refractivity contribution in [1.29, 1.82) is 0 Å². The van der Waals surface area contributed by atoms with E-state index in [2.05, 4.69) is 35.0 Å². The van der Waals surface area contributed by atoms with Gasteiger partial charge < -0.3 is 5.11 Å². The highest BCUT2D eigenvalue weighted by Crippen LogP contribution is 2.23. The van der Waals surface area contributed by atoms with Gasteiger partial charge in [0, 0.05) is 10.9 Å². The summed E-state index contributed by atoms with van der Waals surface area (Å²) in [6.07, 6.45) is 0.791. The van der Waals surface area contributed by atoms with Crippen molar-refractivity contribution in [3.05, 3.63) is 69.4 Å². The van der Waals surface area contributed by atoms with Gasteiger partial charge in [0.15, 0.2) is 0 Å². The number of aryl methyl sites for hydroxylation is 1. The van der Waals surface area contributed by atoms with Gasteiger partial charge in [0.1, 0.15) is 5.82 Å². The zero-order valence-corrected chi connectivity index (χ0v) is 12.3. The zero-order chi connectivity index (χ0) is 13.8. The van der Waals surface area contributed by atoms with Crippen LogP contribution in [0.4, 0.5) is 4.39 Å². The number of aliphatic hydroxyl groups is 1. The van der Waals surface area contributed by atoms with Crippen LogP contribution in [0.3, 0.4) is 0 Å². The molecule has 2 aromatic rings. The van der Waals surface area contributed by atoms with Gasteiger partial charge in [0.2, 0.25) is 0 Å². The van der Waals surface area contributed by atoms with Crippen LogP contribution in [-0.4, -0.2) is 5.11 Å². The highest BCUT2D eigenvalue weighted by atomic mass is 79.9. The normalized spacial score (nSPS) is 12.4. The molecule has 1 N–H and O–H groups in total. The first-order valence-corrected chi connectivity index (χ1v) is 7.09. The molecule has 1 nitrogen and oxygen atoms in total. The van der Waals surface area contributed by atoms with E-state index in [4.69, 9.17) is 0 Å². The lowest BCUT2D eigenvalue weighted by Gasteiger charge is -2.12. The van der Waals surface area contributed by atoms with Crippen LogP contribution in [0.2, 0.25) is 0 Å². The fourth-order valence-corrected chi connectivity index (χ4v) is 2.50. The summed E-state index contributed by atoms with van der Waals surface area (Å²) in [5.41, 5.74) is 2.91. The van der Waals surface area contributed by atoms with Crippen molar-refractivity contribution in [1.82, 2.24) is 0 Å². The number of rotatable bonds is 4. The first-order valence-electron chi connectivity index (χ1n) is 6.30. The van der Waals surface area contributed by atoms with Crippen LogP contribution in [0.1, 0.15) is 29.7 Å². The third kappa shape index (κ3) is 3.88. The summed E-state index contributed by atoms with van der Waals surface area (Å²) in [6, 6.07) is 12.6. The fraction of sp³-hybridized carbons (Fsp3) is 0.250. The third-order valence-corrected chi connectivity index (χ3v) is 3.59. The van der Waals surface area contributed by atoms with E-state index in [0.717, 1.165) is 12.0 Å². The summed E-state index contributed by atoms with van der Waals surface area (Å²) in [7, 11) is 0. The minimum absolute atomic E-state index is 0.343. The van der Waals surface area contributed by atoms with Crippen LogP contribution < -0.4 is 0 Å². The van der Waals surface area contributed by atoms with Crippen molar-refractivity contribution in [3.8, 4) is 0 Å². The molecule has 0 aliphatic carbocycles. The van der Waals surface area contributed by atoms with E-state index in [1.165, 1.54) is 17.7 Å². The summed E-state index contributed by atoms with van der Waals surface area (Å²) in [5.74, 6) is -0.343. The maximum Gasteiger partial charge on any atom is 0.124 e. The molecule has 1 unspecified atom stereocenters. The summed E-state index contributed by atoms with van der Waals surface area (Å²) in [6.45, 7) is 2.11. The van der Waals surface area contributed by atoms with Gasteiger partial charge >= 0.3 is 0 Å². The van der Waals surface area contributed by atoms with Crippen molar-refractivity contribution < 1.29 is 9.50 Å². The highest BCUT2D eigenvalue weighted by molar-refractivity contribution is 9.10. The molecule has 0 amide bonds. The number of aliphatic hydroxyl groups excluding tert-OH is 1. The minimum Gasteiger partial charge on any atom is -0.388 e. The predicted octanol–water partition coefficient (Wildman–Crippen LogP) is 4.43. The predicted molar refractivity (Wildman–Crippen MR) is 78.6 cm³/mol. The second-order valence-corrected chi connectivity index (χ2v) is 5.51. The van der Waals surface area contributed by atoms with E-state index in [9.17, 15) is 9.50 Å². The van der Waals surface area contributed by atoms with Crippen LogP contribution >= 0.6 is 15.9 Å². The molecule has 0 aromatic heterocycles. The van der Waals surface area contributed by atoms with Gasteiger partial charge in [-0.15, -0.1) is 0 Å². The molecule has 0 heterocycles. The Hall–Kier alpha value is -1.19. The van der Waals surface area contributed by atoms with Gasteiger partial charge in [-0.2, -0.15) is 0 Å². The maximum atomic E-state index is 13.3. The second kappa shape index (κ2) is 6.31. The van der Waals surface area contributed by atoms with Gasteiger partial charge in [-0.25, -0.2) is 4.39 Å². The highest BCUT2D eigenvalue weighted by Gasteiger charge is 2.10. The zero-order valence-electron chi connectivity index (χ0n) is 10.7. The Balaban J connectivity index is 2.13. The minimum atomic E-state index is -0.695. The number of halogens is 2. The SMILES string of the molecule is CCc1ccc(CC(O)c2cc(F)cc(Br)c2)cc1. The van der Waals surface area contributed by atoms with Gasteiger partial charge in [0.25, 0.3) is 0 Å². The topological polar surface area (TPSA) is 20.2 Å².